The Morgan fingerprint density at radius 1 is 1.27 bits per heavy atom. The summed E-state index contributed by atoms with van der Waals surface area (Å²) in [5.41, 5.74) is 0. The molecule has 2 aromatic rings. The lowest BCUT2D eigenvalue weighted by Gasteiger charge is -2.31. The molecule has 0 radical (unpaired) electrons. The number of rotatable bonds is 8. The third kappa shape index (κ3) is 6.18. The molecule has 1 aliphatic heterocycles. The Labute approximate surface area is 161 Å². The monoisotopic (exact) mass is 373 g/mol. The zero-order chi connectivity index (χ0) is 18.0. The first kappa shape index (κ1) is 19.0. The molecular formula is C20H31N5S. The van der Waals surface area contributed by atoms with Crippen molar-refractivity contribution in [2.75, 3.05) is 32.7 Å². The summed E-state index contributed by atoms with van der Waals surface area (Å²) in [7, 11) is 0. The van der Waals surface area contributed by atoms with Crippen molar-refractivity contribution in [1.82, 2.24) is 20.1 Å². The number of nitrogens with zero attached hydrogens (tertiary/aromatic N) is 3. The number of nitrogens with one attached hydrogen (secondary N) is 2. The van der Waals surface area contributed by atoms with Crippen molar-refractivity contribution in [3.63, 3.8) is 0 Å². The smallest absolute Gasteiger partial charge is 0.191 e. The molecule has 3 rings (SSSR count). The van der Waals surface area contributed by atoms with Crippen LogP contribution in [-0.2, 0) is 13.1 Å². The van der Waals surface area contributed by atoms with Crippen LogP contribution in [0.5, 0.6) is 0 Å². The maximum Gasteiger partial charge on any atom is 0.191 e. The largest absolute Gasteiger partial charge is 0.357 e. The summed E-state index contributed by atoms with van der Waals surface area (Å²) in [6, 6.07) is 8.51. The van der Waals surface area contributed by atoms with Gasteiger partial charge in [-0.1, -0.05) is 6.07 Å². The molecule has 2 N–H and O–H groups in total. The molecule has 142 valence electrons. The van der Waals surface area contributed by atoms with Crippen LogP contribution in [0.1, 0.15) is 24.6 Å². The van der Waals surface area contributed by atoms with Crippen LogP contribution in [0.3, 0.4) is 0 Å². The van der Waals surface area contributed by atoms with E-state index in [1.165, 1.54) is 24.3 Å². The van der Waals surface area contributed by atoms with Gasteiger partial charge in [-0.25, -0.2) is 0 Å². The average molecular weight is 374 g/mol. The summed E-state index contributed by atoms with van der Waals surface area (Å²) in [5.74, 6) is 1.60. The van der Waals surface area contributed by atoms with Crippen LogP contribution >= 0.6 is 11.3 Å². The zero-order valence-electron chi connectivity index (χ0n) is 15.7. The first-order valence-electron chi connectivity index (χ1n) is 9.71. The van der Waals surface area contributed by atoms with Crippen LogP contribution < -0.4 is 10.6 Å². The minimum atomic E-state index is 0.656. The number of piperidine rings is 1. The van der Waals surface area contributed by atoms with E-state index < -0.39 is 0 Å². The number of hydrogen-bond acceptors (Lipinski definition) is 3. The molecular weight excluding hydrogens is 342 g/mol. The molecule has 2 aromatic heterocycles. The van der Waals surface area contributed by atoms with Gasteiger partial charge in [-0.2, -0.15) is 0 Å². The van der Waals surface area contributed by atoms with Gasteiger partial charge in [-0.3, -0.25) is 9.89 Å². The van der Waals surface area contributed by atoms with Gasteiger partial charge in [-0.15, -0.1) is 11.3 Å². The van der Waals surface area contributed by atoms with Crippen LogP contribution in [0.25, 0.3) is 0 Å². The summed E-state index contributed by atoms with van der Waals surface area (Å²) < 4.78 is 2.18. The number of aromatic nitrogens is 1. The van der Waals surface area contributed by atoms with E-state index in [1.54, 1.807) is 0 Å². The fourth-order valence-electron chi connectivity index (χ4n) is 3.45. The number of hydrogen-bond donors (Lipinski definition) is 2. The Bertz CT molecular complexity index is 635. The van der Waals surface area contributed by atoms with Crippen molar-refractivity contribution in [3.8, 4) is 0 Å². The van der Waals surface area contributed by atoms with Crippen molar-refractivity contribution >= 4 is 17.3 Å². The highest BCUT2D eigenvalue weighted by Crippen LogP contribution is 2.20. The Morgan fingerprint density at radius 3 is 2.92 bits per heavy atom. The standard InChI is InChI=1S/C20H31N5S/c1-2-21-20(22-9-13-24-10-3-4-11-24)23-15-18-7-5-12-25(16-18)17-19-8-6-14-26-19/h3-4,6,8,10-11,14,18H,2,5,7,9,12-13,15-17H2,1H3,(H2,21,22,23). The third-order valence-electron chi connectivity index (χ3n) is 4.74. The number of thiophene rings is 1. The van der Waals surface area contributed by atoms with Crippen LogP contribution in [0.2, 0.25) is 0 Å². The highest BCUT2D eigenvalue weighted by molar-refractivity contribution is 7.09. The molecule has 0 aromatic carbocycles. The molecule has 0 aliphatic carbocycles. The van der Waals surface area contributed by atoms with Gasteiger partial charge in [0, 0.05) is 56.5 Å². The van der Waals surface area contributed by atoms with Crippen LogP contribution in [-0.4, -0.2) is 48.2 Å². The van der Waals surface area contributed by atoms with Crippen molar-refractivity contribution in [2.24, 2.45) is 10.9 Å². The van der Waals surface area contributed by atoms with Crippen molar-refractivity contribution in [2.45, 2.75) is 32.9 Å². The fourth-order valence-corrected chi connectivity index (χ4v) is 4.20. The van der Waals surface area contributed by atoms with Gasteiger partial charge in [0.1, 0.15) is 0 Å². The van der Waals surface area contributed by atoms with E-state index in [0.29, 0.717) is 5.92 Å². The third-order valence-corrected chi connectivity index (χ3v) is 5.60. The lowest BCUT2D eigenvalue weighted by atomic mass is 9.98. The van der Waals surface area contributed by atoms with E-state index in [9.17, 15) is 0 Å². The minimum Gasteiger partial charge on any atom is -0.357 e. The second kappa shape index (κ2) is 10.4. The summed E-state index contributed by atoms with van der Waals surface area (Å²) >= 11 is 1.86. The first-order chi connectivity index (χ1) is 12.8. The number of guanidine groups is 1. The molecule has 1 atom stereocenters. The van der Waals surface area contributed by atoms with Crippen LogP contribution in [0.4, 0.5) is 0 Å². The molecule has 1 fully saturated rings. The summed E-state index contributed by atoms with van der Waals surface area (Å²) in [6.07, 6.45) is 6.75. The normalized spacial score (nSPS) is 18.8. The molecule has 3 heterocycles. The lowest BCUT2D eigenvalue weighted by Crippen LogP contribution is -2.40. The van der Waals surface area contributed by atoms with E-state index >= 15 is 0 Å². The van der Waals surface area contributed by atoms with Gasteiger partial charge in [0.2, 0.25) is 0 Å². The SMILES string of the molecule is CCNC(=NCC1CCCN(Cc2cccs2)C1)NCCn1cccc1. The fraction of sp³-hybridized carbons (Fsp3) is 0.550. The van der Waals surface area contributed by atoms with Gasteiger partial charge in [0.25, 0.3) is 0 Å². The zero-order valence-corrected chi connectivity index (χ0v) is 16.5. The van der Waals surface area contributed by atoms with E-state index in [1.807, 2.05) is 11.3 Å². The Balaban J connectivity index is 1.44. The lowest BCUT2D eigenvalue weighted by molar-refractivity contribution is 0.172. The van der Waals surface area contributed by atoms with Gasteiger partial charge in [0.05, 0.1) is 0 Å². The van der Waals surface area contributed by atoms with Crippen LogP contribution in [0.15, 0.2) is 47.0 Å². The van der Waals surface area contributed by atoms with Gasteiger partial charge >= 0.3 is 0 Å². The average Bonchev–Trinajstić information content (AvgIpc) is 3.34. The summed E-state index contributed by atoms with van der Waals surface area (Å²) in [5, 5.41) is 8.99. The maximum absolute atomic E-state index is 4.85. The summed E-state index contributed by atoms with van der Waals surface area (Å²) in [4.78, 5) is 8.90. The Kier molecular flexibility index (Phi) is 7.58. The molecule has 0 amide bonds. The summed E-state index contributed by atoms with van der Waals surface area (Å²) in [6.45, 7) is 9.21. The second-order valence-corrected chi connectivity index (χ2v) is 7.92. The van der Waals surface area contributed by atoms with E-state index in [0.717, 1.165) is 45.2 Å². The van der Waals surface area contributed by atoms with Crippen molar-refractivity contribution in [1.29, 1.82) is 0 Å². The topological polar surface area (TPSA) is 44.6 Å². The van der Waals surface area contributed by atoms with Gasteiger partial charge in [-0.05, 0) is 55.8 Å². The molecule has 1 unspecified atom stereocenters. The minimum absolute atomic E-state index is 0.656. The van der Waals surface area contributed by atoms with Crippen LogP contribution in [0, 0.1) is 5.92 Å². The number of aliphatic imine (C=N–C) groups is 1. The molecule has 0 spiro atoms. The highest BCUT2D eigenvalue weighted by Gasteiger charge is 2.20. The molecule has 1 saturated heterocycles. The van der Waals surface area contributed by atoms with Gasteiger partial charge in [0.15, 0.2) is 5.96 Å². The quantitative estimate of drug-likeness (QED) is 0.552. The molecule has 1 aliphatic rings. The van der Waals surface area contributed by atoms with Crippen molar-refractivity contribution in [3.05, 3.63) is 46.9 Å². The van der Waals surface area contributed by atoms with Gasteiger partial charge < -0.3 is 15.2 Å². The maximum atomic E-state index is 4.85. The molecule has 0 bridgehead atoms. The molecule has 6 heteroatoms. The predicted molar refractivity (Wildman–Crippen MR) is 111 cm³/mol. The van der Waals surface area contributed by atoms with E-state index in [2.05, 4.69) is 69.1 Å². The van der Waals surface area contributed by atoms with E-state index in [-0.39, 0.29) is 0 Å². The Morgan fingerprint density at radius 2 is 2.15 bits per heavy atom. The highest BCUT2D eigenvalue weighted by atomic mass is 32.1. The molecule has 0 saturated carbocycles. The molecule has 26 heavy (non-hydrogen) atoms. The molecule has 5 nitrogen and oxygen atoms in total. The van der Waals surface area contributed by atoms with E-state index in [4.69, 9.17) is 4.99 Å². The second-order valence-electron chi connectivity index (χ2n) is 6.89. The number of likely N-dealkylation sites (tertiary alicyclic amines) is 1. The predicted octanol–water partition coefficient (Wildman–Crippen LogP) is 3.02. The van der Waals surface area contributed by atoms with Crippen molar-refractivity contribution < 1.29 is 0 Å². The first-order valence-corrected chi connectivity index (χ1v) is 10.6. The Hall–Kier alpha value is -1.79.